The molecule has 5 nitrogen and oxygen atoms in total. The third-order valence-corrected chi connectivity index (χ3v) is 13.9. The third kappa shape index (κ3) is 4.60. The molecule has 2 aliphatic heterocycles. The predicted octanol–water partition coefficient (Wildman–Crippen LogP) is 13.8. The Morgan fingerprint density at radius 1 is 0.250 bits per heavy atom. The molecule has 1 aromatic heterocycles. The van der Waals surface area contributed by atoms with Crippen molar-refractivity contribution in [3.8, 4) is 79.4 Å². The lowest BCUT2D eigenvalue weighted by molar-refractivity contribution is 0.436. The first-order chi connectivity index (χ1) is 31.7. The van der Waals surface area contributed by atoms with E-state index in [2.05, 4.69) is 194 Å². The summed E-state index contributed by atoms with van der Waals surface area (Å²) in [5, 5.41) is 0. The van der Waals surface area contributed by atoms with Gasteiger partial charge in [0.25, 0.3) is 0 Å². The van der Waals surface area contributed by atoms with Gasteiger partial charge < -0.3 is 9.47 Å². The highest BCUT2D eigenvalue weighted by Crippen LogP contribution is 2.64. The minimum Gasteiger partial charge on any atom is -0.457 e. The second-order valence-electron chi connectivity index (χ2n) is 17.0. The first-order valence-corrected chi connectivity index (χ1v) is 21.8. The van der Waals surface area contributed by atoms with Crippen molar-refractivity contribution in [2.24, 2.45) is 0 Å². The van der Waals surface area contributed by atoms with Gasteiger partial charge >= 0.3 is 0 Å². The van der Waals surface area contributed by atoms with Crippen LogP contribution in [0, 0.1) is 0 Å². The van der Waals surface area contributed by atoms with Gasteiger partial charge in [-0.1, -0.05) is 176 Å². The molecule has 10 aromatic rings. The van der Waals surface area contributed by atoms with Gasteiger partial charge in [0.2, 0.25) is 0 Å². The number of hydrogen-bond donors (Lipinski definition) is 0. The zero-order chi connectivity index (χ0) is 42.0. The second kappa shape index (κ2) is 13.1. The normalized spacial score (nSPS) is 14.4. The number of fused-ring (bicyclic) bond motifs is 18. The maximum atomic E-state index is 6.58. The quantitative estimate of drug-likeness (QED) is 0.178. The summed E-state index contributed by atoms with van der Waals surface area (Å²) in [4.78, 5) is 15.8. The van der Waals surface area contributed by atoms with Gasteiger partial charge in [-0.15, -0.1) is 0 Å². The molecular formula is C59H35N3O2. The Kier molecular flexibility index (Phi) is 7.18. The molecule has 0 N–H and O–H groups in total. The van der Waals surface area contributed by atoms with Crippen LogP contribution in [0.2, 0.25) is 0 Å². The molecule has 0 radical (unpaired) electrons. The van der Waals surface area contributed by atoms with E-state index in [1.165, 1.54) is 33.4 Å². The van der Waals surface area contributed by atoms with Crippen LogP contribution in [0.4, 0.5) is 0 Å². The van der Waals surface area contributed by atoms with Gasteiger partial charge in [-0.25, -0.2) is 15.0 Å². The molecule has 14 rings (SSSR count). The average Bonchev–Trinajstić information content (AvgIpc) is 3.82. The summed E-state index contributed by atoms with van der Waals surface area (Å²) < 4.78 is 13.2. The van der Waals surface area contributed by atoms with Crippen LogP contribution < -0.4 is 9.47 Å². The zero-order valence-corrected chi connectivity index (χ0v) is 34.4. The highest BCUT2D eigenvalue weighted by molar-refractivity contribution is 5.92. The van der Waals surface area contributed by atoms with Gasteiger partial charge in [0.1, 0.15) is 23.0 Å². The topological polar surface area (TPSA) is 57.1 Å². The third-order valence-electron chi connectivity index (χ3n) is 13.9. The van der Waals surface area contributed by atoms with Crippen LogP contribution in [0.25, 0.3) is 56.4 Å². The van der Waals surface area contributed by atoms with Crippen LogP contribution in [0.5, 0.6) is 23.0 Å². The van der Waals surface area contributed by atoms with Crippen molar-refractivity contribution in [2.45, 2.75) is 10.8 Å². The summed E-state index contributed by atoms with van der Waals surface area (Å²) in [6.07, 6.45) is 0. The summed E-state index contributed by atoms with van der Waals surface area (Å²) in [5.41, 5.74) is 15.7. The average molecular weight is 818 g/mol. The van der Waals surface area contributed by atoms with Crippen molar-refractivity contribution < 1.29 is 9.47 Å². The van der Waals surface area contributed by atoms with Gasteiger partial charge in [0.05, 0.1) is 10.8 Å². The summed E-state index contributed by atoms with van der Waals surface area (Å²) in [6.45, 7) is 0. The standard InChI is InChI=1S/C59H35N3O2/c1-2-16-36(17-3-1)55-60-56(37-30-32-45-41(34-37)39-18-4-6-20-43(39)58(45)47-22-8-12-26-51(47)63-52-27-13-9-23-48(52)58)62-57(61-55)38-31-33-46-42(35-38)40-19-5-7-21-44(40)59(46)49-24-10-14-28-53(49)64-54-29-15-11-25-50(54)59/h1-35H. The van der Waals surface area contributed by atoms with Gasteiger partial charge in [0.15, 0.2) is 17.5 Å². The maximum absolute atomic E-state index is 6.58. The molecule has 4 aliphatic rings. The van der Waals surface area contributed by atoms with Crippen LogP contribution in [0.1, 0.15) is 44.5 Å². The van der Waals surface area contributed by atoms with E-state index in [1.54, 1.807) is 0 Å². The Bertz CT molecular complexity index is 3290. The molecule has 3 heterocycles. The monoisotopic (exact) mass is 817 g/mol. The van der Waals surface area contributed by atoms with E-state index < -0.39 is 10.8 Å². The number of benzene rings is 9. The van der Waals surface area contributed by atoms with E-state index >= 15 is 0 Å². The lowest BCUT2D eigenvalue weighted by Crippen LogP contribution is -2.32. The molecule has 298 valence electrons. The fraction of sp³-hybridized carbons (Fsp3) is 0.0339. The first-order valence-electron chi connectivity index (χ1n) is 21.8. The lowest BCUT2D eigenvalue weighted by atomic mass is 9.66. The van der Waals surface area contributed by atoms with Crippen molar-refractivity contribution in [1.29, 1.82) is 0 Å². The molecule has 0 bridgehead atoms. The molecule has 0 fully saturated rings. The van der Waals surface area contributed by atoms with Crippen molar-refractivity contribution >= 4 is 0 Å². The Morgan fingerprint density at radius 3 is 0.969 bits per heavy atom. The summed E-state index contributed by atoms with van der Waals surface area (Å²) >= 11 is 0. The molecular weight excluding hydrogens is 783 g/mol. The smallest absolute Gasteiger partial charge is 0.164 e. The first kappa shape index (κ1) is 35.2. The molecule has 2 aliphatic carbocycles. The number of para-hydroxylation sites is 4. The van der Waals surface area contributed by atoms with E-state index in [4.69, 9.17) is 24.4 Å². The molecule has 9 aromatic carbocycles. The molecule has 0 saturated carbocycles. The largest absolute Gasteiger partial charge is 0.457 e. The number of hydrogen-bond acceptors (Lipinski definition) is 5. The summed E-state index contributed by atoms with van der Waals surface area (Å²) in [6, 6.07) is 75.1. The second-order valence-corrected chi connectivity index (χ2v) is 17.0. The molecule has 2 spiro atoms. The predicted molar refractivity (Wildman–Crippen MR) is 251 cm³/mol. The van der Waals surface area contributed by atoms with Crippen molar-refractivity contribution in [3.63, 3.8) is 0 Å². The number of ether oxygens (including phenoxy) is 2. The number of rotatable bonds is 3. The molecule has 64 heavy (non-hydrogen) atoms. The number of nitrogens with zero attached hydrogens (tertiary/aromatic N) is 3. The van der Waals surface area contributed by atoms with E-state index in [-0.39, 0.29) is 0 Å². The van der Waals surface area contributed by atoms with Crippen molar-refractivity contribution in [1.82, 2.24) is 15.0 Å². The van der Waals surface area contributed by atoms with Gasteiger partial charge in [-0.2, -0.15) is 0 Å². The van der Waals surface area contributed by atoms with Crippen molar-refractivity contribution in [3.05, 3.63) is 257 Å². The molecule has 0 unspecified atom stereocenters. The fourth-order valence-corrected chi connectivity index (χ4v) is 11.3. The Morgan fingerprint density at radius 2 is 0.562 bits per heavy atom. The Hall–Kier alpha value is -8.41. The minimum absolute atomic E-state index is 0.557. The molecule has 0 saturated heterocycles. The van der Waals surface area contributed by atoms with Crippen LogP contribution in [-0.2, 0) is 10.8 Å². The zero-order valence-electron chi connectivity index (χ0n) is 34.4. The molecule has 5 heteroatoms. The summed E-state index contributed by atoms with van der Waals surface area (Å²) in [7, 11) is 0. The summed E-state index contributed by atoms with van der Waals surface area (Å²) in [5.74, 6) is 5.33. The highest BCUT2D eigenvalue weighted by Gasteiger charge is 2.52. The van der Waals surface area contributed by atoms with Gasteiger partial charge in [-0.05, 0) is 80.9 Å². The van der Waals surface area contributed by atoms with E-state index in [0.29, 0.717) is 17.5 Å². The highest BCUT2D eigenvalue weighted by atomic mass is 16.5. The minimum atomic E-state index is -0.557. The van der Waals surface area contributed by atoms with Crippen LogP contribution in [0.15, 0.2) is 212 Å². The molecule has 0 atom stereocenters. The van der Waals surface area contributed by atoms with Crippen LogP contribution in [-0.4, -0.2) is 15.0 Å². The van der Waals surface area contributed by atoms with Crippen LogP contribution >= 0.6 is 0 Å². The maximum Gasteiger partial charge on any atom is 0.164 e. The Balaban J connectivity index is 0.973. The number of aromatic nitrogens is 3. The van der Waals surface area contributed by atoms with E-state index in [0.717, 1.165) is 73.1 Å². The van der Waals surface area contributed by atoms with E-state index in [1.807, 2.05) is 18.2 Å². The van der Waals surface area contributed by atoms with Crippen LogP contribution in [0.3, 0.4) is 0 Å². The van der Waals surface area contributed by atoms with Crippen molar-refractivity contribution in [2.75, 3.05) is 0 Å². The fourth-order valence-electron chi connectivity index (χ4n) is 11.3. The van der Waals surface area contributed by atoms with Gasteiger partial charge in [0, 0.05) is 38.9 Å². The lowest BCUT2D eigenvalue weighted by Gasteiger charge is -2.39. The SMILES string of the molecule is c1ccc(-c2nc(-c3ccc4c(c3)-c3ccccc3C43c4ccccc4Oc4ccccc43)nc(-c3ccc4c(c3)-c3ccccc3C43c4ccccc4Oc4ccccc43)n2)cc1. The Labute approximate surface area is 370 Å². The molecule has 0 amide bonds. The van der Waals surface area contributed by atoms with E-state index in [9.17, 15) is 0 Å². The van der Waals surface area contributed by atoms with Gasteiger partial charge in [-0.3, -0.25) is 0 Å².